The van der Waals surface area contributed by atoms with Gasteiger partial charge >= 0.3 is 5.97 Å². The minimum absolute atomic E-state index is 0.0892. The second-order valence-corrected chi connectivity index (χ2v) is 5.08. The zero-order valence-electron chi connectivity index (χ0n) is 10.4. The number of carboxylic acids is 1. The highest BCUT2D eigenvalue weighted by atomic mass is 32.2. The molecular weight excluding hydrogens is 246 g/mol. The summed E-state index contributed by atoms with van der Waals surface area (Å²) in [4.78, 5) is 10.5. The first kappa shape index (κ1) is 14.8. The number of carbonyl (C=O) groups is 1. The topological polar surface area (TPSA) is 49.3 Å². The minimum Gasteiger partial charge on any atom is -0.481 e. The fourth-order valence-corrected chi connectivity index (χ4v) is 2.12. The molecule has 0 fully saturated rings. The zero-order chi connectivity index (χ0) is 13.2. The van der Waals surface area contributed by atoms with E-state index in [0.717, 1.165) is 30.2 Å². The normalized spacial score (nSPS) is 10.2. The highest BCUT2D eigenvalue weighted by Gasteiger charge is 2.00. The highest BCUT2D eigenvalue weighted by Crippen LogP contribution is 2.05. The van der Waals surface area contributed by atoms with E-state index in [0.29, 0.717) is 0 Å². The van der Waals surface area contributed by atoms with Gasteiger partial charge in [0.25, 0.3) is 0 Å². The van der Waals surface area contributed by atoms with Gasteiger partial charge in [-0.1, -0.05) is 30.3 Å². The number of carboxylic acid groups (broad SMARTS) is 1. The number of thioether (sulfide) groups is 1. The molecule has 4 heteroatoms. The smallest absolute Gasteiger partial charge is 0.307 e. The molecule has 0 aliphatic rings. The molecule has 0 aliphatic carbocycles. The Morgan fingerprint density at radius 2 is 2.00 bits per heavy atom. The minimum atomic E-state index is -0.792. The van der Waals surface area contributed by atoms with E-state index in [9.17, 15) is 4.79 Å². The predicted molar refractivity (Wildman–Crippen MR) is 77.0 cm³/mol. The third kappa shape index (κ3) is 6.47. The van der Waals surface area contributed by atoms with Crippen molar-refractivity contribution in [2.45, 2.75) is 13.0 Å². The van der Waals surface area contributed by atoms with E-state index in [-0.39, 0.29) is 6.42 Å². The third-order valence-corrected chi connectivity index (χ3v) is 3.33. The molecule has 0 radical (unpaired) electrons. The van der Waals surface area contributed by atoms with Gasteiger partial charge in [0.05, 0.1) is 6.42 Å². The van der Waals surface area contributed by atoms with Crippen molar-refractivity contribution in [1.29, 1.82) is 0 Å². The Hall–Kier alpha value is -1.26. The van der Waals surface area contributed by atoms with Gasteiger partial charge in [-0.2, -0.15) is 11.8 Å². The molecule has 1 aromatic rings. The lowest BCUT2D eigenvalue weighted by molar-refractivity contribution is -0.136. The van der Waals surface area contributed by atoms with Crippen LogP contribution in [0.1, 0.15) is 11.1 Å². The number of benzene rings is 1. The number of hydrogen-bond donors (Lipinski definition) is 2. The molecule has 0 heterocycles. The summed E-state index contributed by atoms with van der Waals surface area (Å²) in [6.45, 7) is 5.46. The van der Waals surface area contributed by atoms with E-state index in [1.807, 2.05) is 42.1 Å². The molecule has 0 spiro atoms. The molecule has 0 aromatic heterocycles. The van der Waals surface area contributed by atoms with Crippen LogP contribution in [0.4, 0.5) is 0 Å². The van der Waals surface area contributed by atoms with E-state index in [1.165, 1.54) is 5.56 Å². The first-order chi connectivity index (χ1) is 8.72. The van der Waals surface area contributed by atoms with Gasteiger partial charge in [-0.15, -0.1) is 6.58 Å². The Balaban J connectivity index is 2.22. The largest absolute Gasteiger partial charge is 0.481 e. The molecule has 2 N–H and O–H groups in total. The Morgan fingerprint density at radius 3 is 2.61 bits per heavy atom. The molecule has 0 saturated heterocycles. The van der Waals surface area contributed by atoms with Gasteiger partial charge < -0.3 is 10.4 Å². The fourth-order valence-electron chi connectivity index (χ4n) is 1.49. The fraction of sp³-hybridized carbons (Fsp3) is 0.357. The summed E-state index contributed by atoms with van der Waals surface area (Å²) in [5.74, 6) is 1.27. The van der Waals surface area contributed by atoms with Gasteiger partial charge in [0.1, 0.15) is 0 Å². The quantitative estimate of drug-likeness (QED) is 0.531. The third-order valence-electron chi connectivity index (χ3n) is 2.37. The maximum atomic E-state index is 10.5. The molecule has 0 atom stereocenters. The summed E-state index contributed by atoms with van der Waals surface area (Å²) in [6, 6.07) is 7.69. The molecule has 0 bridgehead atoms. The van der Waals surface area contributed by atoms with Crippen LogP contribution in [0.2, 0.25) is 0 Å². The average Bonchev–Trinajstić information content (AvgIpc) is 2.35. The second-order valence-electron chi connectivity index (χ2n) is 3.93. The van der Waals surface area contributed by atoms with Crippen molar-refractivity contribution in [3.63, 3.8) is 0 Å². The lowest BCUT2D eigenvalue weighted by Gasteiger charge is -2.05. The maximum absolute atomic E-state index is 10.5. The van der Waals surface area contributed by atoms with Crippen LogP contribution in [0.3, 0.4) is 0 Å². The molecule has 0 unspecified atom stereocenters. The van der Waals surface area contributed by atoms with Crippen LogP contribution >= 0.6 is 11.8 Å². The van der Waals surface area contributed by atoms with Crippen molar-refractivity contribution >= 4 is 17.7 Å². The Morgan fingerprint density at radius 1 is 1.33 bits per heavy atom. The summed E-state index contributed by atoms with van der Waals surface area (Å²) < 4.78 is 0. The van der Waals surface area contributed by atoms with E-state index in [4.69, 9.17) is 5.11 Å². The van der Waals surface area contributed by atoms with Crippen molar-refractivity contribution in [3.05, 3.63) is 48.0 Å². The lowest BCUT2D eigenvalue weighted by Crippen LogP contribution is -2.16. The molecule has 98 valence electrons. The number of aliphatic carboxylic acids is 1. The Bertz CT molecular complexity index is 376. The van der Waals surface area contributed by atoms with Crippen LogP contribution < -0.4 is 5.32 Å². The standard InChI is InChI=1S/C14H19NO2S/c1-2-8-18-9-7-15-11-13-5-3-12(4-6-13)10-14(16)17/h2-6,15H,1,7-11H2,(H,16,17). The van der Waals surface area contributed by atoms with E-state index in [1.54, 1.807) is 0 Å². The Kier molecular flexibility index (Phi) is 7.22. The van der Waals surface area contributed by atoms with Crippen LogP contribution in [0, 0.1) is 0 Å². The van der Waals surface area contributed by atoms with Crippen LogP contribution in [0.5, 0.6) is 0 Å². The zero-order valence-corrected chi connectivity index (χ0v) is 11.2. The van der Waals surface area contributed by atoms with Gasteiger partial charge in [0, 0.05) is 24.6 Å². The second kappa shape index (κ2) is 8.78. The summed E-state index contributed by atoms with van der Waals surface area (Å²) in [5.41, 5.74) is 2.02. The summed E-state index contributed by atoms with van der Waals surface area (Å²) in [7, 11) is 0. The van der Waals surface area contributed by atoms with Gasteiger partial charge in [-0.3, -0.25) is 4.79 Å². The van der Waals surface area contributed by atoms with Gasteiger partial charge in [0.15, 0.2) is 0 Å². The van der Waals surface area contributed by atoms with Crippen molar-refractivity contribution in [3.8, 4) is 0 Å². The van der Waals surface area contributed by atoms with E-state index >= 15 is 0 Å². The number of hydrogen-bond acceptors (Lipinski definition) is 3. The van der Waals surface area contributed by atoms with Crippen LogP contribution in [-0.2, 0) is 17.8 Å². The summed E-state index contributed by atoms with van der Waals surface area (Å²) >= 11 is 1.85. The molecule has 0 amide bonds. The van der Waals surface area contributed by atoms with Crippen molar-refractivity contribution < 1.29 is 9.90 Å². The van der Waals surface area contributed by atoms with E-state index < -0.39 is 5.97 Å². The molecular formula is C14H19NO2S. The SMILES string of the molecule is C=CCSCCNCc1ccc(CC(=O)O)cc1. The van der Waals surface area contributed by atoms with Gasteiger partial charge in [0.2, 0.25) is 0 Å². The van der Waals surface area contributed by atoms with Crippen LogP contribution in [-0.4, -0.2) is 29.1 Å². The van der Waals surface area contributed by atoms with E-state index in [2.05, 4.69) is 11.9 Å². The monoisotopic (exact) mass is 265 g/mol. The van der Waals surface area contributed by atoms with Crippen LogP contribution in [0.25, 0.3) is 0 Å². The molecule has 1 rings (SSSR count). The average molecular weight is 265 g/mol. The number of nitrogens with one attached hydrogen (secondary N) is 1. The van der Waals surface area contributed by atoms with Gasteiger partial charge in [-0.25, -0.2) is 0 Å². The number of rotatable bonds is 9. The maximum Gasteiger partial charge on any atom is 0.307 e. The Labute approximate surface area is 112 Å². The first-order valence-electron chi connectivity index (χ1n) is 5.91. The molecule has 1 aromatic carbocycles. The first-order valence-corrected chi connectivity index (χ1v) is 7.07. The highest BCUT2D eigenvalue weighted by molar-refractivity contribution is 7.99. The van der Waals surface area contributed by atoms with Crippen LogP contribution in [0.15, 0.2) is 36.9 Å². The molecule has 0 saturated carbocycles. The van der Waals surface area contributed by atoms with Crippen molar-refractivity contribution in [1.82, 2.24) is 5.32 Å². The van der Waals surface area contributed by atoms with Crippen molar-refractivity contribution in [2.24, 2.45) is 0 Å². The lowest BCUT2D eigenvalue weighted by atomic mass is 10.1. The van der Waals surface area contributed by atoms with Crippen molar-refractivity contribution in [2.75, 3.05) is 18.1 Å². The summed E-state index contributed by atoms with van der Waals surface area (Å²) in [6.07, 6.45) is 2.00. The molecule has 18 heavy (non-hydrogen) atoms. The molecule has 3 nitrogen and oxygen atoms in total. The van der Waals surface area contributed by atoms with Gasteiger partial charge in [-0.05, 0) is 11.1 Å². The summed E-state index contributed by atoms with van der Waals surface area (Å²) in [5, 5.41) is 12.0. The predicted octanol–water partition coefficient (Wildman–Crippen LogP) is 2.32. The molecule has 0 aliphatic heterocycles.